The van der Waals surface area contributed by atoms with Crippen LogP contribution in [0.2, 0.25) is 0 Å². The average molecular weight is 441 g/mol. The molecule has 0 amide bonds. The van der Waals surface area contributed by atoms with Gasteiger partial charge in [0.15, 0.2) is 10.1 Å². The first-order chi connectivity index (χ1) is 13.4. The van der Waals surface area contributed by atoms with E-state index in [4.69, 9.17) is 0 Å². The molecular weight excluding hydrogens is 416 g/mol. The molecule has 152 valence electrons. The molecule has 0 spiro atoms. The van der Waals surface area contributed by atoms with Crippen molar-refractivity contribution in [1.82, 2.24) is 14.5 Å². The minimum atomic E-state index is -3.58. The van der Waals surface area contributed by atoms with Gasteiger partial charge in [0.1, 0.15) is 0 Å². The molecule has 1 aromatic carbocycles. The summed E-state index contributed by atoms with van der Waals surface area (Å²) in [5.41, 5.74) is 0.367. The van der Waals surface area contributed by atoms with Crippen LogP contribution in [0, 0.1) is 5.92 Å². The van der Waals surface area contributed by atoms with E-state index >= 15 is 0 Å². The van der Waals surface area contributed by atoms with Crippen LogP contribution in [-0.4, -0.2) is 54.1 Å². The van der Waals surface area contributed by atoms with Gasteiger partial charge in [0.2, 0.25) is 15.2 Å². The molecule has 0 radical (unpaired) electrons. The summed E-state index contributed by atoms with van der Waals surface area (Å²) in [4.78, 5) is 12.7. The lowest BCUT2D eigenvalue weighted by Crippen LogP contribution is -2.39. The maximum Gasteiger partial charge on any atom is 0.243 e. The van der Waals surface area contributed by atoms with Crippen LogP contribution in [0.3, 0.4) is 0 Å². The Morgan fingerprint density at radius 3 is 2.96 bits per heavy atom. The Labute approximate surface area is 174 Å². The summed E-state index contributed by atoms with van der Waals surface area (Å²) in [6.07, 6.45) is 1.91. The first-order valence-corrected chi connectivity index (χ1v) is 12.5. The molecule has 10 heteroatoms. The molecule has 1 atom stereocenters. The highest BCUT2D eigenvalue weighted by Gasteiger charge is 2.29. The van der Waals surface area contributed by atoms with Crippen molar-refractivity contribution in [3.05, 3.63) is 29.8 Å². The van der Waals surface area contributed by atoms with Crippen LogP contribution in [0.1, 0.15) is 37.0 Å². The van der Waals surface area contributed by atoms with Crippen molar-refractivity contribution in [2.45, 2.75) is 35.9 Å². The number of benzene rings is 1. The zero-order chi connectivity index (χ0) is 20.1. The van der Waals surface area contributed by atoms with Crippen molar-refractivity contribution < 1.29 is 13.2 Å². The lowest BCUT2D eigenvalue weighted by molar-refractivity contribution is 0.101. The predicted molar refractivity (Wildman–Crippen MR) is 113 cm³/mol. The van der Waals surface area contributed by atoms with Crippen LogP contribution >= 0.6 is 23.1 Å². The van der Waals surface area contributed by atoms with Crippen LogP contribution in [0.5, 0.6) is 0 Å². The van der Waals surface area contributed by atoms with Crippen LogP contribution in [0.25, 0.3) is 0 Å². The Bertz CT molecular complexity index is 930. The molecule has 2 heterocycles. The third-order valence-electron chi connectivity index (χ3n) is 4.49. The highest BCUT2D eigenvalue weighted by atomic mass is 32.2. The van der Waals surface area contributed by atoms with Crippen molar-refractivity contribution in [1.29, 1.82) is 0 Å². The number of aromatic nitrogens is 2. The third-order valence-corrected chi connectivity index (χ3v) is 8.25. The number of carbonyl (C=O) groups is 1. The van der Waals surface area contributed by atoms with Crippen LogP contribution < -0.4 is 5.32 Å². The fraction of sp³-hybridized carbons (Fsp3) is 0.500. The molecule has 1 unspecified atom stereocenters. The van der Waals surface area contributed by atoms with Gasteiger partial charge in [0.05, 0.1) is 11.4 Å². The number of sulfonamides is 1. The number of Topliss-reactive ketones (excluding diaryl/α,β-unsaturated/α-hetero) is 1. The smallest absolute Gasteiger partial charge is 0.243 e. The minimum Gasteiger partial charge on any atom is -0.353 e. The Hall–Kier alpha value is -1.49. The van der Waals surface area contributed by atoms with Gasteiger partial charge in [0, 0.05) is 18.7 Å². The standard InChI is InChI=1S/C18H24N4O3S3/c1-3-26-18-21-20-17(27-18)19-11-16(23)14-7-4-8-15(10-14)28(24,25)22-9-5-6-13(2)12-22/h4,7-8,10,13H,3,5-6,9,11-12H2,1-2H3,(H,19,20). The number of ketones is 1. The van der Waals surface area contributed by atoms with E-state index in [0.717, 1.165) is 22.9 Å². The second kappa shape index (κ2) is 9.34. The minimum absolute atomic E-state index is 0.0374. The predicted octanol–water partition coefficient (Wildman–Crippen LogP) is 3.37. The Morgan fingerprint density at radius 1 is 1.39 bits per heavy atom. The summed E-state index contributed by atoms with van der Waals surface area (Å²) in [6.45, 7) is 5.19. The summed E-state index contributed by atoms with van der Waals surface area (Å²) in [6, 6.07) is 6.28. The van der Waals surface area contributed by atoms with Gasteiger partial charge in [-0.05, 0) is 36.6 Å². The summed E-state index contributed by atoms with van der Waals surface area (Å²) in [5.74, 6) is 1.06. The molecule has 28 heavy (non-hydrogen) atoms. The highest BCUT2D eigenvalue weighted by Crippen LogP contribution is 2.26. The molecule has 2 aromatic rings. The number of anilines is 1. The van der Waals surface area contributed by atoms with Gasteiger partial charge < -0.3 is 5.32 Å². The van der Waals surface area contributed by atoms with Gasteiger partial charge in [-0.3, -0.25) is 4.79 Å². The van der Waals surface area contributed by atoms with E-state index in [-0.39, 0.29) is 17.2 Å². The molecule has 0 saturated carbocycles. The summed E-state index contributed by atoms with van der Waals surface area (Å²) in [7, 11) is -3.58. The van der Waals surface area contributed by atoms with E-state index in [1.807, 2.05) is 6.92 Å². The van der Waals surface area contributed by atoms with Crippen molar-refractivity contribution in [2.24, 2.45) is 5.92 Å². The molecule has 1 saturated heterocycles. The van der Waals surface area contributed by atoms with Crippen LogP contribution in [0.4, 0.5) is 5.13 Å². The molecule has 1 N–H and O–H groups in total. The van der Waals surface area contributed by atoms with E-state index in [1.165, 1.54) is 21.7 Å². The van der Waals surface area contributed by atoms with Gasteiger partial charge in [0.25, 0.3) is 0 Å². The third kappa shape index (κ3) is 5.11. The zero-order valence-electron chi connectivity index (χ0n) is 15.9. The van der Waals surface area contributed by atoms with Crippen LogP contribution in [0.15, 0.2) is 33.5 Å². The highest BCUT2D eigenvalue weighted by molar-refractivity contribution is 8.01. The molecule has 1 aliphatic rings. The molecule has 1 aromatic heterocycles. The quantitative estimate of drug-likeness (QED) is 0.497. The maximum atomic E-state index is 12.9. The number of nitrogens with zero attached hydrogens (tertiary/aromatic N) is 3. The SMILES string of the molecule is CCSc1nnc(NCC(=O)c2cccc(S(=O)(=O)N3CCCC(C)C3)c2)s1. The van der Waals surface area contributed by atoms with Crippen molar-refractivity contribution in [2.75, 3.05) is 30.7 Å². The molecule has 1 fully saturated rings. The molecular formula is C18H24N4O3S3. The Kier molecular flexibility index (Phi) is 7.08. The summed E-state index contributed by atoms with van der Waals surface area (Å²) in [5, 5.41) is 11.6. The maximum absolute atomic E-state index is 12.9. The Balaban J connectivity index is 1.68. The van der Waals surface area contributed by atoms with E-state index in [9.17, 15) is 13.2 Å². The van der Waals surface area contributed by atoms with E-state index in [2.05, 4.69) is 22.4 Å². The summed E-state index contributed by atoms with van der Waals surface area (Å²) < 4.78 is 28.2. The number of nitrogens with one attached hydrogen (secondary N) is 1. The number of thioether (sulfide) groups is 1. The lowest BCUT2D eigenvalue weighted by atomic mass is 10.0. The fourth-order valence-electron chi connectivity index (χ4n) is 3.06. The molecule has 3 rings (SSSR count). The molecule has 1 aliphatic heterocycles. The van der Waals surface area contributed by atoms with E-state index in [0.29, 0.717) is 29.7 Å². The average Bonchev–Trinajstić information content (AvgIpc) is 3.14. The van der Waals surface area contributed by atoms with Gasteiger partial charge in [-0.25, -0.2) is 8.42 Å². The number of carbonyl (C=O) groups excluding carboxylic acids is 1. The van der Waals surface area contributed by atoms with Gasteiger partial charge in [-0.15, -0.1) is 10.2 Å². The van der Waals surface area contributed by atoms with Gasteiger partial charge in [-0.2, -0.15) is 4.31 Å². The molecule has 0 aliphatic carbocycles. The molecule has 7 nitrogen and oxygen atoms in total. The van der Waals surface area contributed by atoms with Gasteiger partial charge in [-0.1, -0.05) is 49.1 Å². The summed E-state index contributed by atoms with van der Waals surface area (Å²) >= 11 is 2.99. The van der Waals surface area contributed by atoms with Crippen molar-refractivity contribution in [3.8, 4) is 0 Å². The molecule has 0 bridgehead atoms. The fourth-order valence-corrected chi connectivity index (χ4v) is 6.35. The zero-order valence-corrected chi connectivity index (χ0v) is 18.4. The van der Waals surface area contributed by atoms with Crippen LogP contribution in [-0.2, 0) is 10.0 Å². The van der Waals surface area contributed by atoms with Crippen molar-refractivity contribution >= 4 is 44.0 Å². The second-order valence-corrected chi connectivity index (χ2v) is 11.1. The second-order valence-electron chi connectivity index (χ2n) is 6.72. The number of hydrogen-bond donors (Lipinski definition) is 1. The van der Waals surface area contributed by atoms with E-state index in [1.54, 1.807) is 30.0 Å². The van der Waals surface area contributed by atoms with E-state index < -0.39 is 10.0 Å². The Morgan fingerprint density at radius 2 is 2.21 bits per heavy atom. The van der Waals surface area contributed by atoms with Crippen molar-refractivity contribution in [3.63, 3.8) is 0 Å². The first-order valence-electron chi connectivity index (χ1n) is 9.23. The number of rotatable bonds is 8. The largest absolute Gasteiger partial charge is 0.353 e. The monoisotopic (exact) mass is 440 g/mol. The number of hydrogen-bond acceptors (Lipinski definition) is 8. The lowest BCUT2D eigenvalue weighted by Gasteiger charge is -2.30. The normalized spacial score (nSPS) is 18.1. The number of piperidine rings is 1. The first kappa shape index (κ1) is 21.2. The topological polar surface area (TPSA) is 92.3 Å². The van der Waals surface area contributed by atoms with Gasteiger partial charge >= 0.3 is 0 Å².